The minimum atomic E-state index is -0.169. The lowest BCUT2D eigenvalue weighted by Gasteiger charge is -2.34. The number of nitrogens with one attached hydrogen (secondary N) is 2. The lowest BCUT2D eigenvalue weighted by Crippen LogP contribution is -2.52. The van der Waals surface area contributed by atoms with Gasteiger partial charge in [-0.1, -0.05) is 0 Å². The van der Waals surface area contributed by atoms with Gasteiger partial charge in [0.1, 0.15) is 6.17 Å². The van der Waals surface area contributed by atoms with Crippen LogP contribution in [-0.4, -0.2) is 55.4 Å². The molecule has 0 saturated carbocycles. The predicted octanol–water partition coefficient (Wildman–Crippen LogP) is -0.0787. The first kappa shape index (κ1) is 12.8. The Morgan fingerprint density at radius 3 is 2.35 bits per heavy atom. The zero-order chi connectivity index (χ0) is 12.3. The van der Waals surface area contributed by atoms with Crippen LogP contribution < -0.4 is 10.6 Å². The van der Waals surface area contributed by atoms with Gasteiger partial charge in [0, 0.05) is 26.2 Å². The monoisotopic (exact) mass is 241 g/mol. The van der Waals surface area contributed by atoms with E-state index in [4.69, 9.17) is 4.74 Å². The molecule has 0 spiro atoms. The van der Waals surface area contributed by atoms with Crippen LogP contribution in [0.15, 0.2) is 0 Å². The van der Waals surface area contributed by atoms with Gasteiger partial charge >= 0.3 is 0 Å². The molecule has 1 amide bonds. The number of piperidine rings is 1. The Bertz CT molecular complexity index is 256. The number of ether oxygens (including phenoxy) is 1. The van der Waals surface area contributed by atoms with E-state index in [1.807, 2.05) is 4.90 Å². The van der Waals surface area contributed by atoms with Gasteiger partial charge < -0.3 is 9.64 Å². The maximum absolute atomic E-state index is 12.1. The van der Waals surface area contributed by atoms with Crippen LogP contribution in [-0.2, 0) is 9.53 Å². The van der Waals surface area contributed by atoms with Crippen LogP contribution in [0.5, 0.6) is 0 Å². The van der Waals surface area contributed by atoms with Crippen molar-refractivity contribution in [2.45, 2.75) is 45.1 Å². The quantitative estimate of drug-likeness (QED) is 0.726. The Hall–Kier alpha value is -0.650. The Kier molecular flexibility index (Phi) is 4.36. The van der Waals surface area contributed by atoms with Crippen LogP contribution in [0.4, 0.5) is 0 Å². The summed E-state index contributed by atoms with van der Waals surface area (Å²) >= 11 is 0. The van der Waals surface area contributed by atoms with Crippen LogP contribution in [0.2, 0.25) is 0 Å². The number of amides is 1. The first-order chi connectivity index (χ1) is 8.16. The predicted molar refractivity (Wildman–Crippen MR) is 65.6 cm³/mol. The van der Waals surface area contributed by atoms with E-state index in [2.05, 4.69) is 24.5 Å². The summed E-state index contributed by atoms with van der Waals surface area (Å²) in [7, 11) is 0. The van der Waals surface area contributed by atoms with Gasteiger partial charge in [0.2, 0.25) is 0 Å². The highest BCUT2D eigenvalue weighted by atomic mass is 16.5. The molecule has 2 N–H and O–H groups in total. The third-order valence-corrected chi connectivity index (χ3v) is 3.29. The Morgan fingerprint density at radius 1 is 1.24 bits per heavy atom. The molecule has 0 aliphatic carbocycles. The standard InChI is InChI=1S/C12H23N3O2/c1-9(2)17-10-3-7-15(8-4-10)12(16)11-13-5-6-14-11/h9-11,13-14H,3-8H2,1-2H3. The van der Waals surface area contributed by atoms with E-state index >= 15 is 0 Å². The van der Waals surface area contributed by atoms with Gasteiger partial charge in [-0.05, 0) is 26.7 Å². The maximum Gasteiger partial charge on any atom is 0.254 e. The molecule has 2 rings (SSSR count). The second kappa shape index (κ2) is 5.80. The zero-order valence-corrected chi connectivity index (χ0v) is 10.7. The molecule has 0 radical (unpaired) electrons. The summed E-state index contributed by atoms with van der Waals surface area (Å²) in [4.78, 5) is 14.0. The van der Waals surface area contributed by atoms with Crippen molar-refractivity contribution >= 4 is 5.91 Å². The van der Waals surface area contributed by atoms with Crippen molar-refractivity contribution in [3.63, 3.8) is 0 Å². The molecule has 0 aromatic rings. The Labute approximate surface area is 103 Å². The van der Waals surface area contributed by atoms with Gasteiger partial charge in [0.05, 0.1) is 12.2 Å². The zero-order valence-electron chi connectivity index (χ0n) is 10.7. The number of hydrogen-bond acceptors (Lipinski definition) is 4. The molecule has 2 aliphatic heterocycles. The average Bonchev–Trinajstić information content (AvgIpc) is 2.82. The molecule has 5 heteroatoms. The van der Waals surface area contributed by atoms with Crippen LogP contribution >= 0.6 is 0 Å². The normalized spacial score (nSPS) is 23.6. The van der Waals surface area contributed by atoms with Crippen molar-refractivity contribution in [2.24, 2.45) is 0 Å². The molecule has 2 heterocycles. The molecule has 0 aromatic carbocycles. The van der Waals surface area contributed by atoms with Crippen molar-refractivity contribution in [3.8, 4) is 0 Å². The van der Waals surface area contributed by atoms with E-state index in [-0.39, 0.29) is 18.2 Å². The largest absolute Gasteiger partial charge is 0.375 e. The second-order valence-electron chi connectivity index (χ2n) is 5.05. The molecule has 2 saturated heterocycles. The molecule has 98 valence electrons. The van der Waals surface area contributed by atoms with E-state index in [1.54, 1.807) is 0 Å². The lowest BCUT2D eigenvalue weighted by molar-refractivity contribution is -0.136. The number of hydrogen-bond donors (Lipinski definition) is 2. The summed E-state index contributed by atoms with van der Waals surface area (Å²) in [5.74, 6) is 0.186. The van der Waals surface area contributed by atoms with E-state index in [0.29, 0.717) is 6.10 Å². The summed E-state index contributed by atoms with van der Waals surface area (Å²) in [6.45, 7) is 7.51. The van der Waals surface area contributed by atoms with Gasteiger partial charge in [-0.25, -0.2) is 0 Å². The highest BCUT2D eigenvalue weighted by Gasteiger charge is 2.29. The molecule has 0 unspecified atom stereocenters. The number of likely N-dealkylation sites (tertiary alicyclic amines) is 1. The number of rotatable bonds is 3. The van der Waals surface area contributed by atoms with Gasteiger partial charge in [-0.2, -0.15) is 0 Å². The SMILES string of the molecule is CC(C)OC1CCN(C(=O)C2NCCN2)CC1. The van der Waals surface area contributed by atoms with E-state index < -0.39 is 0 Å². The molecular formula is C12H23N3O2. The Morgan fingerprint density at radius 2 is 1.82 bits per heavy atom. The van der Waals surface area contributed by atoms with E-state index in [1.165, 1.54) is 0 Å². The average molecular weight is 241 g/mol. The summed E-state index contributed by atoms with van der Waals surface area (Å²) in [5.41, 5.74) is 0. The highest BCUT2D eigenvalue weighted by molar-refractivity contribution is 5.81. The van der Waals surface area contributed by atoms with Crippen LogP contribution in [0.1, 0.15) is 26.7 Å². The minimum absolute atomic E-state index is 0.169. The fourth-order valence-electron chi connectivity index (χ4n) is 2.46. The summed E-state index contributed by atoms with van der Waals surface area (Å²) < 4.78 is 5.78. The highest BCUT2D eigenvalue weighted by Crippen LogP contribution is 2.16. The lowest BCUT2D eigenvalue weighted by atomic mass is 10.1. The first-order valence-electron chi connectivity index (χ1n) is 6.58. The van der Waals surface area contributed by atoms with Gasteiger partial charge in [-0.3, -0.25) is 15.4 Å². The molecular weight excluding hydrogens is 218 g/mol. The molecule has 0 bridgehead atoms. The van der Waals surface area contributed by atoms with Crippen molar-refractivity contribution < 1.29 is 9.53 Å². The van der Waals surface area contributed by atoms with Gasteiger partial charge in [0.15, 0.2) is 0 Å². The third-order valence-electron chi connectivity index (χ3n) is 3.29. The number of nitrogens with zero attached hydrogens (tertiary/aromatic N) is 1. The van der Waals surface area contributed by atoms with Crippen LogP contribution in [0, 0.1) is 0 Å². The van der Waals surface area contributed by atoms with E-state index in [0.717, 1.165) is 39.0 Å². The number of carbonyl (C=O) groups is 1. The summed E-state index contributed by atoms with van der Waals surface area (Å²) in [5, 5.41) is 6.33. The molecule has 2 aliphatic rings. The second-order valence-corrected chi connectivity index (χ2v) is 5.05. The van der Waals surface area contributed by atoms with Crippen molar-refractivity contribution in [1.82, 2.24) is 15.5 Å². The Balaban J connectivity index is 1.76. The van der Waals surface area contributed by atoms with Gasteiger partial charge in [0.25, 0.3) is 5.91 Å². The molecule has 17 heavy (non-hydrogen) atoms. The van der Waals surface area contributed by atoms with Crippen molar-refractivity contribution in [2.75, 3.05) is 26.2 Å². The van der Waals surface area contributed by atoms with Crippen molar-refractivity contribution in [1.29, 1.82) is 0 Å². The molecule has 2 fully saturated rings. The van der Waals surface area contributed by atoms with Gasteiger partial charge in [-0.15, -0.1) is 0 Å². The molecule has 0 aromatic heterocycles. The summed E-state index contributed by atoms with van der Waals surface area (Å²) in [6, 6.07) is 0. The minimum Gasteiger partial charge on any atom is -0.375 e. The van der Waals surface area contributed by atoms with Crippen molar-refractivity contribution in [3.05, 3.63) is 0 Å². The smallest absolute Gasteiger partial charge is 0.254 e. The fourth-order valence-corrected chi connectivity index (χ4v) is 2.46. The topological polar surface area (TPSA) is 53.6 Å². The van der Waals surface area contributed by atoms with E-state index in [9.17, 15) is 4.79 Å². The maximum atomic E-state index is 12.1. The third kappa shape index (κ3) is 3.40. The fraction of sp³-hybridized carbons (Fsp3) is 0.917. The number of carbonyl (C=O) groups excluding carboxylic acids is 1. The van der Waals surface area contributed by atoms with Crippen LogP contribution in [0.3, 0.4) is 0 Å². The molecule has 5 nitrogen and oxygen atoms in total. The van der Waals surface area contributed by atoms with Crippen LogP contribution in [0.25, 0.3) is 0 Å². The molecule has 0 atom stereocenters. The first-order valence-corrected chi connectivity index (χ1v) is 6.58. The summed E-state index contributed by atoms with van der Waals surface area (Å²) in [6.07, 6.45) is 2.34.